The fraction of sp³-hybridized carbons (Fsp3) is 0.136. The van der Waals surface area contributed by atoms with E-state index in [4.69, 9.17) is 0 Å². The Morgan fingerprint density at radius 1 is 1.20 bits per heavy atom. The van der Waals surface area contributed by atoms with Gasteiger partial charge in [0.25, 0.3) is 0 Å². The molecule has 4 N–H and O–H groups in total. The maximum atomic E-state index is 12.9. The Bertz CT molecular complexity index is 1210. The molecule has 0 radical (unpaired) electrons. The summed E-state index contributed by atoms with van der Waals surface area (Å²) in [6.07, 6.45) is 2.20. The first-order valence-corrected chi connectivity index (χ1v) is 10.3. The summed E-state index contributed by atoms with van der Waals surface area (Å²) in [4.78, 5) is 32.2. The van der Waals surface area contributed by atoms with Gasteiger partial charge in [-0.1, -0.05) is 30.3 Å². The van der Waals surface area contributed by atoms with Gasteiger partial charge in [-0.15, -0.1) is 11.3 Å². The topological polar surface area (TPSA) is 107 Å². The summed E-state index contributed by atoms with van der Waals surface area (Å²) in [6, 6.07) is 13.8. The van der Waals surface area contributed by atoms with E-state index in [1.165, 1.54) is 18.3 Å². The van der Waals surface area contributed by atoms with Gasteiger partial charge in [0.1, 0.15) is 11.8 Å². The molecule has 30 heavy (non-hydrogen) atoms. The fourth-order valence-corrected chi connectivity index (χ4v) is 4.02. The highest BCUT2D eigenvalue weighted by Crippen LogP contribution is 2.27. The van der Waals surface area contributed by atoms with E-state index in [0.717, 1.165) is 22.0 Å². The summed E-state index contributed by atoms with van der Waals surface area (Å²) >= 11 is 1.28. The molecule has 2 amide bonds. The van der Waals surface area contributed by atoms with Crippen molar-refractivity contribution >= 4 is 39.2 Å². The van der Waals surface area contributed by atoms with Gasteiger partial charge in [0.05, 0.1) is 5.69 Å². The number of aromatic nitrogens is 2. The molecule has 0 fully saturated rings. The standard InChI is InChI=1S/C22H20N4O3S/c1-13(27)24-19(10-15-11-23-18-8-3-2-7-17(15)18)21(29)26-22-25-20(12-30-22)14-5-4-6-16(28)9-14/h2-9,11-12,19,23,28H,10H2,1H3,(H,24,27)(H,25,26,29). The lowest BCUT2D eigenvalue weighted by atomic mass is 10.0. The van der Waals surface area contributed by atoms with Crippen LogP contribution in [0, 0.1) is 0 Å². The number of carbonyl (C=O) groups excluding carboxylic acids is 2. The number of aromatic hydroxyl groups is 1. The molecule has 2 aromatic carbocycles. The molecule has 1 unspecified atom stereocenters. The van der Waals surface area contributed by atoms with Crippen molar-refractivity contribution < 1.29 is 14.7 Å². The first-order chi connectivity index (χ1) is 14.5. The van der Waals surface area contributed by atoms with E-state index in [9.17, 15) is 14.7 Å². The normalized spacial score (nSPS) is 11.9. The van der Waals surface area contributed by atoms with Crippen molar-refractivity contribution in [1.82, 2.24) is 15.3 Å². The van der Waals surface area contributed by atoms with Gasteiger partial charge in [-0.3, -0.25) is 9.59 Å². The van der Waals surface area contributed by atoms with E-state index < -0.39 is 6.04 Å². The number of anilines is 1. The average molecular weight is 420 g/mol. The number of H-pyrrole nitrogens is 1. The number of nitrogens with one attached hydrogen (secondary N) is 3. The summed E-state index contributed by atoms with van der Waals surface area (Å²) in [5.74, 6) is -0.475. The molecule has 0 spiro atoms. The number of rotatable bonds is 6. The summed E-state index contributed by atoms with van der Waals surface area (Å²) in [7, 11) is 0. The lowest BCUT2D eigenvalue weighted by Gasteiger charge is -2.16. The minimum absolute atomic E-state index is 0.149. The van der Waals surface area contributed by atoms with Crippen LogP contribution < -0.4 is 10.6 Å². The predicted molar refractivity (Wildman–Crippen MR) is 117 cm³/mol. The SMILES string of the molecule is CC(=O)NC(Cc1c[nH]c2ccccc12)C(=O)Nc1nc(-c2cccc(O)c2)cs1. The molecule has 0 bridgehead atoms. The van der Waals surface area contributed by atoms with Crippen molar-refractivity contribution in [2.24, 2.45) is 0 Å². The van der Waals surface area contributed by atoms with Gasteiger partial charge in [-0.25, -0.2) is 4.98 Å². The average Bonchev–Trinajstić information content (AvgIpc) is 3.35. The molecule has 0 saturated carbocycles. The second-order valence-corrected chi connectivity index (χ2v) is 7.75. The van der Waals surface area contributed by atoms with Crippen LogP contribution in [0.2, 0.25) is 0 Å². The fourth-order valence-electron chi connectivity index (χ4n) is 3.30. The smallest absolute Gasteiger partial charge is 0.249 e. The van der Waals surface area contributed by atoms with Crippen molar-refractivity contribution in [2.45, 2.75) is 19.4 Å². The predicted octanol–water partition coefficient (Wildman–Crippen LogP) is 3.68. The van der Waals surface area contributed by atoms with Crippen LogP contribution in [0.3, 0.4) is 0 Å². The first kappa shape index (κ1) is 19.7. The lowest BCUT2D eigenvalue weighted by Crippen LogP contribution is -2.44. The van der Waals surface area contributed by atoms with E-state index in [-0.39, 0.29) is 17.6 Å². The lowest BCUT2D eigenvalue weighted by molar-refractivity contribution is -0.125. The monoisotopic (exact) mass is 420 g/mol. The molecule has 7 nitrogen and oxygen atoms in total. The molecule has 8 heteroatoms. The highest BCUT2D eigenvalue weighted by Gasteiger charge is 2.22. The third-order valence-electron chi connectivity index (χ3n) is 4.67. The third-order valence-corrected chi connectivity index (χ3v) is 5.43. The Balaban J connectivity index is 1.52. The number of phenolic OH excluding ortho intramolecular Hbond substituents is 1. The molecule has 0 aliphatic carbocycles. The second-order valence-electron chi connectivity index (χ2n) is 6.89. The van der Waals surface area contributed by atoms with Crippen LogP contribution in [0.15, 0.2) is 60.1 Å². The third kappa shape index (κ3) is 4.33. The molecule has 152 valence electrons. The Labute approximate surface area is 176 Å². The number of nitrogens with zero attached hydrogens (tertiary/aromatic N) is 1. The van der Waals surface area contributed by atoms with Crippen LogP contribution in [0.1, 0.15) is 12.5 Å². The van der Waals surface area contributed by atoms with E-state index in [1.54, 1.807) is 23.6 Å². The molecule has 0 aliphatic rings. The van der Waals surface area contributed by atoms with Gasteiger partial charge in [0.2, 0.25) is 11.8 Å². The Kier molecular flexibility index (Phi) is 5.49. The van der Waals surface area contributed by atoms with Crippen molar-refractivity contribution in [3.05, 3.63) is 65.7 Å². The molecule has 0 aliphatic heterocycles. The number of phenols is 1. The van der Waals surface area contributed by atoms with E-state index in [0.29, 0.717) is 17.2 Å². The number of thiazole rings is 1. The molecule has 2 aromatic heterocycles. The van der Waals surface area contributed by atoms with Gasteiger partial charge in [0.15, 0.2) is 5.13 Å². The summed E-state index contributed by atoms with van der Waals surface area (Å²) in [6.45, 7) is 1.39. The van der Waals surface area contributed by atoms with Crippen LogP contribution in [0.5, 0.6) is 5.75 Å². The van der Waals surface area contributed by atoms with Crippen molar-refractivity contribution in [3.8, 4) is 17.0 Å². The number of para-hydroxylation sites is 1. The number of fused-ring (bicyclic) bond motifs is 1. The summed E-state index contributed by atoms with van der Waals surface area (Å²) in [5, 5.41) is 18.4. The second kappa shape index (κ2) is 8.38. The van der Waals surface area contributed by atoms with Gasteiger partial charge in [-0.05, 0) is 23.8 Å². The van der Waals surface area contributed by atoms with Crippen LogP contribution >= 0.6 is 11.3 Å². The molecular weight excluding hydrogens is 400 g/mol. The minimum Gasteiger partial charge on any atom is -0.508 e. The zero-order valence-corrected chi connectivity index (χ0v) is 17.0. The zero-order chi connectivity index (χ0) is 21.1. The highest BCUT2D eigenvalue weighted by atomic mass is 32.1. The summed E-state index contributed by atoms with van der Waals surface area (Å²) < 4.78 is 0. The Morgan fingerprint density at radius 3 is 2.83 bits per heavy atom. The van der Waals surface area contributed by atoms with Crippen molar-refractivity contribution in [2.75, 3.05) is 5.32 Å². The van der Waals surface area contributed by atoms with Crippen LogP contribution in [-0.2, 0) is 16.0 Å². The molecule has 4 rings (SSSR count). The minimum atomic E-state index is -0.741. The number of hydrogen-bond acceptors (Lipinski definition) is 5. The van der Waals surface area contributed by atoms with E-state index in [1.807, 2.05) is 36.5 Å². The highest BCUT2D eigenvalue weighted by molar-refractivity contribution is 7.14. The maximum Gasteiger partial charge on any atom is 0.249 e. The first-order valence-electron chi connectivity index (χ1n) is 9.37. The molecule has 2 heterocycles. The Hall–Kier alpha value is -3.65. The quantitative estimate of drug-likeness (QED) is 0.382. The maximum absolute atomic E-state index is 12.9. The number of benzene rings is 2. The number of aromatic amines is 1. The number of hydrogen-bond donors (Lipinski definition) is 4. The van der Waals surface area contributed by atoms with Crippen LogP contribution in [0.25, 0.3) is 22.2 Å². The summed E-state index contributed by atoms with van der Waals surface area (Å²) in [5.41, 5.74) is 3.33. The van der Waals surface area contributed by atoms with E-state index in [2.05, 4.69) is 20.6 Å². The van der Waals surface area contributed by atoms with Crippen LogP contribution in [-0.4, -0.2) is 32.9 Å². The molecule has 0 saturated heterocycles. The van der Waals surface area contributed by atoms with Gasteiger partial charge in [0, 0.05) is 41.4 Å². The zero-order valence-electron chi connectivity index (χ0n) is 16.2. The molecular formula is C22H20N4O3S. The number of amides is 2. The van der Waals surface area contributed by atoms with Crippen molar-refractivity contribution in [3.63, 3.8) is 0 Å². The molecule has 4 aromatic rings. The Morgan fingerprint density at radius 2 is 2.03 bits per heavy atom. The molecule has 1 atom stereocenters. The van der Waals surface area contributed by atoms with Gasteiger partial charge in [-0.2, -0.15) is 0 Å². The van der Waals surface area contributed by atoms with Crippen molar-refractivity contribution in [1.29, 1.82) is 0 Å². The van der Waals surface area contributed by atoms with Gasteiger partial charge < -0.3 is 20.7 Å². The number of carbonyl (C=O) groups is 2. The van der Waals surface area contributed by atoms with Crippen LogP contribution in [0.4, 0.5) is 5.13 Å². The van der Waals surface area contributed by atoms with E-state index >= 15 is 0 Å². The largest absolute Gasteiger partial charge is 0.508 e. The van der Waals surface area contributed by atoms with Gasteiger partial charge >= 0.3 is 0 Å².